The van der Waals surface area contributed by atoms with Gasteiger partial charge in [0.25, 0.3) is 5.91 Å². The fourth-order valence-electron chi connectivity index (χ4n) is 2.27. The molecule has 2 rings (SSSR count). The van der Waals surface area contributed by atoms with Gasteiger partial charge in [0.2, 0.25) is 0 Å². The molecule has 1 aromatic rings. The number of benzene rings is 1. The first kappa shape index (κ1) is 17.1. The summed E-state index contributed by atoms with van der Waals surface area (Å²) in [4.78, 5) is 36.7. The van der Waals surface area contributed by atoms with E-state index in [1.54, 1.807) is 29.2 Å². The van der Waals surface area contributed by atoms with E-state index in [1.807, 2.05) is 6.26 Å². The Morgan fingerprint density at radius 2 is 2.26 bits per heavy atom. The number of urea groups is 1. The third-order valence-corrected chi connectivity index (χ3v) is 4.13. The number of carboxylic acids is 1. The largest absolute Gasteiger partial charge is 0.480 e. The molecule has 1 aromatic carbocycles. The molecule has 1 aliphatic heterocycles. The first-order valence-electron chi connectivity index (χ1n) is 7.21. The van der Waals surface area contributed by atoms with Crippen molar-refractivity contribution in [2.24, 2.45) is 0 Å². The number of thioether (sulfide) groups is 1. The quantitative estimate of drug-likeness (QED) is 0.693. The Hall–Kier alpha value is -2.22. The van der Waals surface area contributed by atoms with Crippen molar-refractivity contribution in [3.63, 3.8) is 0 Å². The van der Waals surface area contributed by atoms with E-state index in [0.717, 1.165) is 0 Å². The summed E-state index contributed by atoms with van der Waals surface area (Å²) < 4.78 is 0. The number of hydrogen-bond donors (Lipinski definition) is 3. The van der Waals surface area contributed by atoms with Crippen LogP contribution >= 0.6 is 11.8 Å². The summed E-state index contributed by atoms with van der Waals surface area (Å²) in [5, 5.41) is 14.4. The number of carboxylic acid groups (broad SMARTS) is 1. The summed E-state index contributed by atoms with van der Waals surface area (Å²) in [7, 11) is 0. The van der Waals surface area contributed by atoms with E-state index >= 15 is 0 Å². The Morgan fingerprint density at radius 3 is 2.87 bits per heavy atom. The van der Waals surface area contributed by atoms with Crippen molar-refractivity contribution >= 4 is 35.4 Å². The van der Waals surface area contributed by atoms with Crippen molar-refractivity contribution in [1.82, 2.24) is 10.6 Å². The summed E-state index contributed by atoms with van der Waals surface area (Å²) in [5.74, 6) is -0.868. The number of anilines is 1. The number of amides is 3. The van der Waals surface area contributed by atoms with Crippen LogP contribution in [0, 0.1) is 0 Å². The highest BCUT2D eigenvalue weighted by molar-refractivity contribution is 7.98. The van der Waals surface area contributed by atoms with Crippen molar-refractivity contribution in [3.05, 3.63) is 29.8 Å². The standard InChI is InChI=1S/C15H19N3O4S/c1-23-8-5-12(14(20)21)17-13(19)10-3-2-4-11(9-10)18-7-6-16-15(18)22/h2-4,9,12H,5-8H2,1H3,(H,16,22)(H,17,19)(H,20,21)/t12-/m0/s1. The zero-order valence-electron chi connectivity index (χ0n) is 12.7. The summed E-state index contributed by atoms with van der Waals surface area (Å²) in [6.07, 6.45) is 2.24. The Bertz CT molecular complexity index is 608. The van der Waals surface area contributed by atoms with Crippen LogP contribution < -0.4 is 15.5 Å². The van der Waals surface area contributed by atoms with Crippen LogP contribution in [0.1, 0.15) is 16.8 Å². The van der Waals surface area contributed by atoms with Crippen LogP contribution in [0.15, 0.2) is 24.3 Å². The van der Waals surface area contributed by atoms with E-state index in [-0.39, 0.29) is 6.03 Å². The summed E-state index contributed by atoms with van der Waals surface area (Å²) in [6.45, 7) is 1.10. The molecule has 1 fully saturated rings. The molecule has 1 aliphatic rings. The van der Waals surface area contributed by atoms with Crippen LogP contribution in [0.4, 0.5) is 10.5 Å². The number of hydrogen-bond acceptors (Lipinski definition) is 4. The lowest BCUT2D eigenvalue weighted by molar-refractivity contribution is -0.139. The van der Waals surface area contributed by atoms with Crippen molar-refractivity contribution in [3.8, 4) is 0 Å². The van der Waals surface area contributed by atoms with Gasteiger partial charge in [0, 0.05) is 24.3 Å². The third kappa shape index (κ3) is 4.38. The highest BCUT2D eigenvalue weighted by atomic mass is 32.2. The van der Waals surface area contributed by atoms with Crippen molar-refractivity contribution in [2.45, 2.75) is 12.5 Å². The van der Waals surface area contributed by atoms with Gasteiger partial charge in [-0.1, -0.05) is 6.07 Å². The Balaban J connectivity index is 2.09. The number of rotatable bonds is 7. The molecular weight excluding hydrogens is 318 g/mol. The normalized spacial score (nSPS) is 15.2. The molecule has 0 radical (unpaired) electrons. The maximum atomic E-state index is 12.3. The zero-order chi connectivity index (χ0) is 16.8. The molecule has 3 N–H and O–H groups in total. The number of carbonyl (C=O) groups excluding carboxylic acids is 2. The smallest absolute Gasteiger partial charge is 0.326 e. The molecule has 0 unspecified atom stereocenters. The minimum atomic E-state index is -1.05. The molecule has 23 heavy (non-hydrogen) atoms. The van der Waals surface area contributed by atoms with Gasteiger partial charge < -0.3 is 15.7 Å². The minimum absolute atomic E-state index is 0.203. The fraction of sp³-hybridized carbons (Fsp3) is 0.400. The molecule has 7 nitrogen and oxygen atoms in total. The van der Waals surface area contributed by atoms with Gasteiger partial charge in [-0.05, 0) is 36.6 Å². The summed E-state index contributed by atoms with van der Waals surface area (Å²) >= 11 is 1.52. The van der Waals surface area contributed by atoms with E-state index in [9.17, 15) is 19.5 Å². The van der Waals surface area contributed by atoms with E-state index < -0.39 is 17.9 Å². The molecule has 0 aliphatic carbocycles. The predicted octanol–water partition coefficient (Wildman–Crippen LogP) is 1.15. The Morgan fingerprint density at radius 1 is 1.48 bits per heavy atom. The molecular formula is C15H19N3O4S. The zero-order valence-corrected chi connectivity index (χ0v) is 13.6. The maximum absolute atomic E-state index is 12.3. The van der Waals surface area contributed by atoms with Gasteiger partial charge in [0.05, 0.1) is 0 Å². The van der Waals surface area contributed by atoms with Gasteiger partial charge in [0.1, 0.15) is 6.04 Å². The number of nitrogens with zero attached hydrogens (tertiary/aromatic N) is 1. The van der Waals surface area contributed by atoms with Crippen LogP contribution in [0.3, 0.4) is 0 Å². The van der Waals surface area contributed by atoms with Gasteiger partial charge in [-0.2, -0.15) is 11.8 Å². The van der Waals surface area contributed by atoms with Crippen LogP contribution in [0.2, 0.25) is 0 Å². The van der Waals surface area contributed by atoms with Crippen LogP contribution in [-0.4, -0.2) is 54.2 Å². The van der Waals surface area contributed by atoms with Gasteiger partial charge in [-0.25, -0.2) is 9.59 Å². The first-order valence-corrected chi connectivity index (χ1v) is 8.60. The predicted molar refractivity (Wildman–Crippen MR) is 89.1 cm³/mol. The number of nitrogens with one attached hydrogen (secondary N) is 2. The highest BCUT2D eigenvalue weighted by Crippen LogP contribution is 2.18. The van der Waals surface area contributed by atoms with E-state index in [0.29, 0.717) is 36.5 Å². The second-order valence-electron chi connectivity index (χ2n) is 5.08. The second kappa shape index (κ2) is 7.87. The van der Waals surface area contributed by atoms with E-state index in [2.05, 4.69) is 10.6 Å². The molecule has 124 valence electrons. The van der Waals surface area contributed by atoms with Crippen LogP contribution in [0.25, 0.3) is 0 Å². The Labute approximate surface area is 138 Å². The van der Waals surface area contributed by atoms with Gasteiger partial charge in [0.15, 0.2) is 0 Å². The molecule has 0 bridgehead atoms. The molecule has 8 heteroatoms. The summed E-state index contributed by atoms with van der Waals surface area (Å²) in [6, 6.07) is 5.48. The van der Waals surface area contributed by atoms with Crippen molar-refractivity contribution < 1.29 is 19.5 Å². The second-order valence-corrected chi connectivity index (χ2v) is 6.07. The van der Waals surface area contributed by atoms with Crippen molar-refractivity contribution in [1.29, 1.82) is 0 Å². The number of aliphatic carboxylic acids is 1. The highest BCUT2D eigenvalue weighted by Gasteiger charge is 2.23. The number of carbonyl (C=O) groups is 3. The average molecular weight is 337 g/mol. The lowest BCUT2D eigenvalue weighted by atomic mass is 10.1. The van der Waals surface area contributed by atoms with Crippen molar-refractivity contribution in [2.75, 3.05) is 30.0 Å². The fourth-order valence-corrected chi connectivity index (χ4v) is 2.74. The molecule has 1 heterocycles. The molecule has 1 atom stereocenters. The van der Waals surface area contributed by atoms with Gasteiger partial charge >= 0.3 is 12.0 Å². The van der Waals surface area contributed by atoms with Crippen LogP contribution in [-0.2, 0) is 4.79 Å². The third-order valence-electron chi connectivity index (χ3n) is 3.49. The minimum Gasteiger partial charge on any atom is -0.480 e. The first-order chi connectivity index (χ1) is 11.0. The SMILES string of the molecule is CSCC[C@H](NC(=O)c1cccc(N2CCNC2=O)c1)C(=O)O. The molecule has 0 spiro atoms. The lowest BCUT2D eigenvalue weighted by Crippen LogP contribution is -2.41. The maximum Gasteiger partial charge on any atom is 0.326 e. The average Bonchev–Trinajstić information content (AvgIpc) is 2.97. The molecule has 3 amide bonds. The molecule has 1 saturated heterocycles. The summed E-state index contributed by atoms with van der Waals surface area (Å²) in [5.41, 5.74) is 0.946. The lowest BCUT2D eigenvalue weighted by Gasteiger charge is -2.17. The van der Waals surface area contributed by atoms with Crippen LogP contribution in [0.5, 0.6) is 0 Å². The van der Waals surface area contributed by atoms with Gasteiger partial charge in [-0.3, -0.25) is 9.69 Å². The topological polar surface area (TPSA) is 98.7 Å². The monoisotopic (exact) mass is 337 g/mol. The van der Waals surface area contributed by atoms with Gasteiger partial charge in [-0.15, -0.1) is 0 Å². The van der Waals surface area contributed by atoms with E-state index in [1.165, 1.54) is 11.8 Å². The van der Waals surface area contributed by atoms with E-state index in [4.69, 9.17) is 0 Å². The molecule has 0 saturated carbocycles. The molecule has 0 aromatic heterocycles. The Kier molecular flexibility index (Phi) is 5.86.